The first-order valence-electron chi connectivity index (χ1n) is 30.1. The Bertz CT molecular complexity index is 1200. The van der Waals surface area contributed by atoms with E-state index >= 15 is 0 Å². The predicted molar refractivity (Wildman–Crippen MR) is 298 cm³/mol. The molecule has 6 heteroatoms. The average Bonchev–Trinajstić information content (AvgIpc) is 3.35. The van der Waals surface area contributed by atoms with Crippen LogP contribution >= 0.6 is 0 Å². The van der Waals surface area contributed by atoms with Crippen molar-refractivity contribution in [3.63, 3.8) is 0 Å². The van der Waals surface area contributed by atoms with E-state index in [4.69, 9.17) is 14.2 Å². The van der Waals surface area contributed by atoms with E-state index in [0.717, 1.165) is 103 Å². The zero-order valence-corrected chi connectivity index (χ0v) is 46.1. The zero-order chi connectivity index (χ0) is 50.0. The van der Waals surface area contributed by atoms with Gasteiger partial charge in [-0.2, -0.15) is 0 Å². The van der Waals surface area contributed by atoms with E-state index in [0.29, 0.717) is 19.3 Å². The molecule has 0 aromatic carbocycles. The average molecular weight is 968 g/mol. The molecular weight excluding hydrogens is 853 g/mol. The maximum Gasteiger partial charge on any atom is 0.306 e. The summed E-state index contributed by atoms with van der Waals surface area (Å²) in [4.78, 5) is 37.8. The monoisotopic (exact) mass is 967 g/mol. The molecule has 0 aliphatic heterocycles. The summed E-state index contributed by atoms with van der Waals surface area (Å²) in [6.45, 7) is 6.46. The minimum Gasteiger partial charge on any atom is -0.462 e. The molecule has 1 atom stereocenters. The molecule has 0 aromatic heterocycles. The van der Waals surface area contributed by atoms with E-state index in [9.17, 15) is 14.4 Å². The van der Waals surface area contributed by atoms with E-state index in [2.05, 4.69) is 69.4 Å². The highest BCUT2D eigenvalue weighted by Crippen LogP contribution is 2.17. The molecule has 0 aliphatic carbocycles. The molecular formula is C63H114O6. The topological polar surface area (TPSA) is 78.9 Å². The van der Waals surface area contributed by atoms with Crippen molar-refractivity contribution < 1.29 is 28.6 Å². The molecule has 0 N–H and O–H groups in total. The maximum absolute atomic E-state index is 12.7. The van der Waals surface area contributed by atoms with Crippen LogP contribution in [-0.4, -0.2) is 37.2 Å². The fraction of sp³-hybridized carbons (Fsp3) is 0.825. The highest BCUT2D eigenvalue weighted by molar-refractivity contribution is 5.71. The van der Waals surface area contributed by atoms with Crippen molar-refractivity contribution in [2.75, 3.05) is 13.2 Å². The predicted octanol–water partition coefficient (Wildman–Crippen LogP) is 20.2. The van der Waals surface area contributed by atoms with Crippen LogP contribution in [0.25, 0.3) is 0 Å². The van der Waals surface area contributed by atoms with Gasteiger partial charge in [-0.05, 0) is 77.0 Å². The summed E-state index contributed by atoms with van der Waals surface area (Å²) >= 11 is 0. The molecule has 69 heavy (non-hydrogen) atoms. The number of carbonyl (C=O) groups excluding carboxylic acids is 3. The van der Waals surface area contributed by atoms with Crippen LogP contribution in [0, 0.1) is 0 Å². The van der Waals surface area contributed by atoms with Crippen LogP contribution in [0.4, 0.5) is 0 Å². The molecule has 0 amide bonds. The highest BCUT2D eigenvalue weighted by Gasteiger charge is 2.19. The standard InChI is InChI=1S/C63H114O6/c1-4-7-10-13-15-17-19-21-23-24-25-26-27-28-29-30-31-32-33-34-35-36-37-38-40-41-43-45-47-50-53-56-62(65)68-59-60(58-67-61(64)55-52-49-12-9-6-3)69-63(66)57-54-51-48-46-44-42-39-22-20-18-16-14-11-8-5-2/h8,11,16,18,22,24-25,39,60H,4-7,9-10,12-15,17,19-21,23,26-38,40-59H2,1-3H3/b11-8-,18-16-,25-24-,39-22-. The molecule has 0 saturated carbocycles. The van der Waals surface area contributed by atoms with E-state index in [1.165, 1.54) is 173 Å². The Morgan fingerprint density at radius 2 is 0.565 bits per heavy atom. The third kappa shape index (κ3) is 56.2. The molecule has 0 aromatic rings. The lowest BCUT2D eigenvalue weighted by Crippen LogP contribution is -2.30. The van der Waals surface area contributed by atoms with Gasteiger partial charge in [-0.1, -0.05) is 268 Å². The Labute approximate surface area is 428 Å². The van der Waals surface area contributed by atoms with Gasteiger partial charge >= 0.3 is 17.9 Å². The molecule has 0 spiro atoms. The van der Waals surface area contributed by atoms with Gasteiger partial charge in [0.1, 0.15) is 13.2 Å². The summed E-state index contributed by atoms with van der Waals surface area (Å²) in [7, 11) is 0. The minimum atomic E-state index is -0.776. The SMILES string of the molecule is CC/C=C\C/C=C\C/C=C\CCCCCCCC(=O)OC(COC(=O)CCCCCCC)COC(=O)CCCCCCCCCCCCCCCCCCCCC/C=C\CCCCCCCCCC. The number of ether oxygens (including phenoxy) is 3. The van der Waals surface area contributed by atoms with Gasteiger partial charge in [0, 0.05) is 19.3 Å². The van der Waals surface area contributed by atoms with Crippen LogP contribution in [0.2, 0.25) is 0 Å². The smallest absolute Gasteiger partial charge is 0.306 e. The van der Waals surface area contributed by atoms with Crippen molar-refractivity contribution in [2.24, 2.45) is 0 Å². The Kier molecular flexibility index (Phi) is 55.7. The molecule has 0 radical (unpaired) electrons. The lowest BCUT2D eigenvalue weighted by atomic mass is 10.0. The van der Waals surface area contributed by atoms with Gasteiger partial charge in [0.2, 0.25) is 0 Å². The summed E-state index contributed by atoms with van der Waals surface area (Å²) in [5.74, 6) is -0.898. The molecule has 6 nitrogen and oxygen atoms in total. The second-order valence-electron chi connectivity index (χ2n) is 20.2. The lowest BCUT2D eigenvalue weighted by Gasteiger charge is -2.18. The normalized spacial score (nSPS) is 12.3. The number of carbonyl (C=O) groups is 3. The molecule has 402 valence electrons. The van der Waals surface area contributed by atoms with Gasteiger partial charge < -0.3 is 14.2 Å². The van der Waals surface area contributed by atoms with Crippen LogP contribution in [0.15, 0.2) is 48.6 Å². The number of hydrogen-bond donors (Lipinski definition) is 0. The number of hydrogen-bond acceptors (Lipinski definition) is 6. The van der Waals surface area contributed by atoms with Gasteiger partial charge in [0.15, 0.2) is 6.10 Å². The third-order valence-electron chi connectivity index (χ3n) is 13.3. The van der Waals surface area contributed by atoms with Crippen LogP contribution < -0.4 is 0 Å². The van der Waals surface area contributed by atoms with Crippen molar-refractivity contribution in [2.45, 2.75) is 322 Å². The van der Waals surface area contributed by atoms with Gasteiger partial charge in [-0.25, -0.2) is 0 Å². The van der Waals surface area contributed by atoms with E-state index in [1.807, 2.05) is 0 Å². The molecule has 0 bridgehead atoms. The number of unbranched alkanes of at least 4 members (excludes halogenated alkanes) is 36. The lowest BCUT2D eigenvalue weighted by molar-refractivity contribution is -0.167. The Morgan fingerprint density at radius 1 is 0.304 bits per heavy atom. The fourth-order valence-electron chi connectivity index (χ4n) is 8.81. The summed E-state index contributed by atoms with van der Waals surface area (Å²) < 4.78 is 16.7. The van der Waals surface area contributed by atoms with Crippen molar-refractivity contribution in [1.82, 2.24) is 0 Å². The molecule has 0 saturated heterocycles. The Morgan fingerprint density at radius 3 is 0.899 bits per heavy atom. The minimum absolute atomic E-state index is 0.0778. The summed E-state index contributed by atoms with van der Waals surface area (Å²) in [6.07, 6.45) is 71.8. The molecule has 0 aliphatic rings. The molecule has 0 fully saturated rings. The first-order chi connectivity index (χ1) is 34.0. The van der Waals surface area contributed by atoms with Crippen LogP contribution in [0.5, 0.6) is 0 Å². The zero-order valence-electron chi connectivity index (χ0n) is 46.1. The molecule has 1 unspecified atom stereocenters. The van der Waals surface area contributed by atoms with Crippen molar-refractivity contribution in [3.8, 4) is 0 Å². The molecule has 0 rings (SSSR count). The number of esters is 3. The third-order valence-corrected chi connectivity index (χ3v) is 13.3. The van der Waals surface area contributed by atoms with E-state index in [-0.39, 0.29) is 31.1 Å². The van der Waals surface area contributed by atoms with E-state index in [1.54, 1.807) is 0 Å². The van der Waals surface area contributed by atoms with E-state index < -0.39 is 6.10 Å². The fourth-order valence-corrected chi connectivity index (χ4v) is 8.81. The summed E-state index contributed by atoms with van der Waals surface area (Å²) in [6, 6.07) is 0. The van der Waals surface area contributed by atoms with Gasteiger partial charge in [-0.15, -0.1) is 0 Å². The van der Waals surface area contributed by atoms with Crippen molar-refractivity contribution >= 4 is 17.9 Å². The second-order valence-corrected chi connectivity index (χ2v) is 20.2. The van der Waals surface area contributed by atoms with Gasteiger partial charge in [0.05, 0.1) is 0 Å². The Balaban J connectivity index is 3.93. The summed E-state index contributed by atoms with van der Waals surface area (Å²) in [5, 5.41) is 0. The number of allylic oxidation sites excluding steroid dienone is 8. The van der Waals surface area contributed by atoms with Crippen LogP contribution in [-0.2, 0) is 28.6 Å². The second kappa shape index (κ2) is 57.9. The summed E-state index contributed by atoms with van der Waals surface area (Å²) in [5.41, 5.74) is 0. The largest absolute Gasteiger partial charge is 0.462 e. The van der Waals surface area contributed by atoms with Crippen LogP contribution in [0.1, 0.15) is 316 Å². The molecule has 0 heterocycles. The Hall–Kier alpha value is -2.63. The first-order valence-corrected chi connectivity index (χ1v) is 30.1. The number of rotatable bonds is 55. The first kappa shape index (κ1) is 66.4. The highest BCUT2D eigenvalue weighted by atomic mass is 16.6. The van der Waals surface area contributed by atoms with Crippen molar-refractivity contribution in [3.05, 3.63) is 48.6 Å². The van der Waals surface area contributed by atoms with Gasteiger partial charge in [-0.3, -0.25) is 14.4 Å². The van der Waals surface area contributed by atoms with Crippen LogP contribution in [0.3, 0.4) is 0 Å². The van der Waals surface area contributed by atoms with Crippen molar-refractivity contribution in [1.29, 1.82) is 0 Å². The maximum atomic E-state index is 12.7. The quantitative estimate of drug-likeness (QED) is 0.0262. The van der Waals surface area contributed by atoms with Gasteiger partial charge in [0.25, 0.3) is 0 Å².